The van der Waals surface area contributed by atoms with Crippen LogP contribution in [0.25, 0.3) is 0 Å². The lowest BCUT2D eigenvalue weighted by atomic mass is 10.2. The average Bonchev–Trinajstić information content (AvgIpc) is 3.18. The van der Waals surface area contributed by atoms with Crippen LogP contribution in [0.2, 0.25) is 0 Å². The molecule has 0 saturated heterocycles. The molecule has 2 aromatic rings. The summed E-state index contributed by atoms with van der Waals surface area (Å²) in [5.74, 6) is -2.90. The molecule has 31 heavy (non-hydrogen) atoms. The number of aromatic nitrogens is 2. The lowest BCUT2D eigenvalue weighted by molar-refractivity contribution is -0.117. The summed E-state index contributed by atoms with van der Waals surface area (Å²) in [5.41, 5.74) is 0.694. The number of benzene rings is 1. The lowest BCUT2D eigenvalue weighted by Gasteiger charge is -2.35. The first-order valence-corrected chi connectivity index (χ1v) is 10.4. The van der Waals surface area contributed by atoms with Gasteiger partial charge in [0.2, 0.25) is 11.9 Å². The zero-order valence-electron chi connectivity index (χ0n) is 17.4. The van der Waals surface area contributed by atoms with Crippen molar-refractivity contribution in [3.8, 4) is 5.75 Å². The molecule has 2 atom stereocenters. The van der Waals surface area contributed by atoms with Crippen molar-refractivity contribution in [1.29, 1.82) is 0 Å². The number of fused-ring (bicyclic) bond motifs is 1. The van der Waals surface area contributed by atoms with Gasteiger partial charge in [-0.25, -0.2) is 18.2 Å². The number of nitrogens with one attached hydrogen (secondary N) is 1. The van der Waals surface area contributed by atoms with E-state index in [1.54, 1.807) is 11.1 Å². The number of anilines is 3. The Balaban J connectivity index is 1.43. The Kier molecular flexibility index (Phi) is 5.88. The number of hydrogen-bond acceptors (Lipinski definition) is 6. The van der Waals surface area contributed by atoms with Crippen LogP contribution in [0, 0.1) is 17.5 Å². The summed E-state index contributed by atoms with van der Waals surface area (Å²) in [6, 6.07) is 1.72. The zero-order valence-corrected chi connectivity index (χ0v) is 17.4. The molecule has 1 N–H and O–H groups in total. The smallest absolute Gasteiger partial charge is 0.246 e. The van der Waals surface area contributed by atoms with Crippen LogP contribution >= 0.6 is 0 Å². The van der Waals surface area contributed by atoms with Crippen molar-refractivity contribution >= 4 is 23.4 Å². The first-order valence-electron chi connectivity index (χ1n) is 10.4. The topological polar surface area (TPSA) is 70.6 Å². The van der Waals surface area contributed by atoms with E-state index >= 15 is 0 Å². The van der Waals surface area contributed by atoms with Crippen molar-refractivity contribution in [2.24, 2.45) is 0 Å². The summed E-state index contributed by atoms with van der Waals surface area (Å²) in [6.45, 7) is 5.35. The van der Waals surface area contributed by atoms with Crippen LogP contribution in [0.1, 0.15) is 33.1 Å². The van der Waals surface area contributed by atoms with Gasteiger partial charge >= 0.3 is 0 Å². The van der Waals surface area contributed by atoms with Crippen LogP contribution in [0.4, 0.5) is 30.6 Å². The van der Waals surface area contributed by atoms with Crippen molar-refractivity contribution in [3.05, 3.63) is 35.8 Å². The number of likely N-dealkylation sites (N-methyl/N-ethyl adjacent to an activating group) is 2. The summed E-state index contributed by atoms with van der Waals surface area (Å²) >= 11 is 0. The highest BCUT2D eigenvalue weighted by atomic mass is 19.2. The molecular weight excluding hydrogens is 411 g/mol. The fraction of sp³-hybridized carbons (Fsp3) is 0.476. The number of halogens is 3. The number of hydrogen-bond donors (Lipinski definition) is 1. The normalized spacial score (nSPS) is 20.7. The monoisotopic (exact) mass is 435 g/mol. The molecule has 2 aliphatic rings. The van der Waals surface area contributed by atoms with Gasteiger partial charge in [0, 0.05) is 37.7 Å². The maximum Gasteiger partial charge on any atom is 0.246 e. The van der Waals surface area contributed by atoms with Crippen LogP contribution in [-0.2, 0) is 4.79 Å². The number of ether oxygens (including phenoxy) is 1. The SMILES string of the molecule is CCN1CC(=O)N(CC)c2cnc(N[C@H]3CC[C@H](Oc4cc(F)c(F)c(F)c4)C3)nc21. The highest BCUT2D eigenvalue weighted by Gasteiger charge is 2.31. The predicted molar refractivity (Wildman–Crippen MR) is 110 cm³/mol. The molecule has 1 aliphatic heterocycles. The van der Waals surface area contributed by atoms with Gasteiger partial charge in [-0.15, -0.1) is 0 Å². The van der Waals surface area contributed by atoms with Gasteiger partial charge in [0.25, 0.3) is 0 Å². The zero-order chi connectivity index (χ0) is 22.1. The van der Waals surface area contributed by atoms with E-state index in [1.807, 2.05) is 18.7 Å². The minimum absolute atomic E-state index is 0.0146. The van der Waals surface area contributed by atoms with Crippen LogP contribution in [0.5, 0.6) is 5.75 Å². The number of nitrogens with zero attached hydrogens (tertiary/aromatic N) is 4. The van der Waals surface area contributed by atoms with Crippen LogP contribution in [0.15, 0.2) is 18.3 Å². The van der Waals surface area contributed by atoms with Crippen molar-refractivity contribution in [2.45, 2.75) is 45.3 Å². The molecule has 2 heterocycles. The summed E-state index contributed by atoms with van der Waals surface area (Å²) in [5, 5.41) is 3.29. The molecule has 4 rings (SSSR count). The van der Waals surface area contributed by atoms with E-state index in [4.69, 9.17) is 4.74 Å². The third-order valence-electron chi connectivity index (χ3n) is 5.64. The minimum atomic E-state index is -1.51. The van der Waals surface area contributed by atoms with Crippen LogP contribution in [0.3, 0.4) is 0 Å². The molecular formula is C21H24F3N5O2. The van der Waals surface area contributed by atoms with Gasteiger partial charge in [0.15, 0.2) is 23.3 Å². The second-order valence-corrected chi connectivity index (χ2v) is 7.65. The third-order valence-corrected chi connectivity index (χ3v) is 5.64. The Morgan fingerprint density at radius 3 is 2.58 bits per heavy atom. The summed E-state index contributed by atoms with van der Waals surface area (Å²) in [6.07, 6.45) is 3.40. The first-order chi connectivity index (χ1) is 14.9. The van der Waals surface area contributed by atoms with Gasteiger partial charge < -0.3 is 19.9 Å². The van der Waals surface area contributed by atoms with Crippen molar-refractivity contribution in [1.82, 2.24) is 9.97 Å². The highest BCUT2D eigenvalue weighted by molar-refractivity contribution is 6.02. The molecule has 1 fully saturated rings. The molecule has 0 unspecified atom stereocenters. The van der Waals surface area contributed by atoms with Gasteiger partial charge in [0.1, 0.15) is 17.5 Å². The largest absolute Gasteiger partial charge is 0.490 e. The van der Waals surface area contributed by atoms with E-state index in [9.17, 15) is 18.0 Å². The number of carbonyl (C=O) groups excluding carboxylic acids is 1. The van der Waals surface area contributed by atoms with E-state index < -0.39 is 17.5 Å². The van der Waals surface area contributed by atoms with Crippen molar-refractivity contribution < 1.29 is 22.7 Å². The summed E-state index contributed by atoms with van der Waals surface area (Å²) < 4.78 is 45.6. The molecule has 0 spiro atoms. The average molecular weight is 435 g/mol. The number of rotatable bonds is 6. The molecule has 166 valence electrons. The standard InChI is InChI=1S/C21H24F3N5O2/c1-3-28-11-18(30)29(4-2)17-10-25-21(27-20(17)28)26-12-5-6-13(7-12)31-14-8-15(22)19(24)16(23)9-14/h8-10,12-13H,3-7,11H2,1-2H3,(H,25,26,27)/t12-,13-/m0/s1. The Hall–Kier alpha value is -3.04. The molecule has 10 heteroatoms. The Labute approximate surface area is 178 Å². The van der Waals surface area contributed by atoms with Crippen molar-refractivity contribution in [3.63, 3.8) is 0 Å². The molecule has 0 bridgehead atoms. The minimum Gasteiger partial charge on any atom is -0.490 e. The molecule has 1 saturated carbocycles. The fourth-order valence-electron chi connectivity index (χ4n) is 4.08. The summed E-state index contributed by atoms with van der Waals surface area (Å²) in [4.78, 5) is 24.9. The molecule has 7 nitrogen and oxygen atoms in total. The molecule has 1 amide bonds. The lowest BCUT2D eigenvalue weighted by Crippen LogP contribution is -2.46. The summed E-state index contributed by atoms with van der Waals surface area (Å²) in [7, 11) is 0. The Morgan fingerprint density at radius 1 is 1.16 bits per heavy atom. The van der Waals surface area contributed by atoms with Gasteiger partial charge in [-0.1, -0.05) is 0 Å². The van der Waals surface area contributed by atoms with Crippen LogP contribution in [-0.4, -0.2) is 47.7 Å². The quantitative estimate of drug-likeness (QED) is 0.701. The molecule has 1 aliphatic carbocycles. The Bertz CT molecular complexity index is 966. The second kappa shape index (κ2) is 8.60. The van der Waals surface area contributed by atoms with Crippen LogP contribution < -0.4 is 19.9 Å². The number of amides is 1. The van der Waals surface area contributed by atoms with E-state index in [-0.39, 0.29) is 30.3 Å². The molecule has 1 aromatic heterocycles. The first kappa shape index (κ1) is 21.2. The Morgan fingerprint density at radius 2 is 1.90 bits per heavy atom. The predicted octanol–water partition coefficient (Wildman–Crippen LogP) is 3.50. The van der Waals surface area contributed by atoms with E-state index in [0.29, 0.717) is 43.4 Å². The molecule has 1 aromatic carbocycles. The van der Waals surface area contributed by atoms with E-state index in [2.05, 4.69) is 15.3 Å². The second-order valence-electron chi connectivity index (χ2n) is 7.65. The third kappa shape index (κ3) is 4.24. The molecule has 0 radical (unpaired) electrons. The van der Waals surface area contributed by atoms with Gasteiger partial charge in [-0.3, -0.25) is 4.79 Å². The number of carbonyl (C=O) groups is 1. The van der Waals surface area contributed by atoms with Gasteiger partial charge in [-0.05, 0) is 26.7 Å². The van der Waals surface area contributed by atoms with E-state index in [0.717, 1.165) is 18.6 Å². The fourth-order valence-corrected chi connectivity index (χ4v) is 4.08. The van der Waals surface area contributed by atoms with Crippen molar-refractivity contribution in [2.75, 3.05) is 34.8 Å². The maximum absolute atomic E-state index is 13.4. The van der Waals surface area contributed by atoms with Gasteiger partial charge in [0.05, 0.1) is 12.7 Å². The van der Waals surface area contributed by atoms with Gasteiger partial charge in [-0.2, -0.15) is 4.98 Å². The highest BCUT2D eigenvalue weighted by Crippen LogP contribution is 2.33. The maximum atomic E-state index is 13.4. The van der Waals surface area contributed by atoms with E-state index in [1.165, 1.54) is 0 Å².